The number of piperidine rings is 1. The van der Waals surface area contributed by atoms with Gasteiger partial charge in [-0.25, -0.2) is 0 Å². The van der Waals surface area contributed by atoms with Crippen molar-refractivity contribution in [1.29, 1.82) is 0 Å². The molecule has 0 aliphatic carbocycles. The zero-order valence-corrected chi connectivity index (χ0v) is 19.8. The van der Waals surface area contributed by atoms with E-state index in [0.29, 0.717) is 44.8 Å². The topological polar surface area (TPSA) is 100 Å². The SMILES string of the molecule is COc1ccccc1C1CCN(C(=O)C(Cc2c[nH]c3ccccc23)NC(=O)CCCN)CC1. The Bertz CT molecular complexity index is 1120. The van der Waals surface area contributed by atoms with Crippen LogP contribution in [-0.4, -0.2) is 54.5 Å². The smallest absolute Gasteiger partial charge is 0.245 e. The molecule has 7 heteroatoms. The van der Waals surface area contributed by atoms with Crippen molar-refractivity contribution in [3.63, 3.8) is 0 Å². The number of aromatic amines is 1. The molecule has 0 spiro atoms. The molecule has 1 unspecified atom stereocenters. The Morgan fingerprint density at radius 2 is 1.88 bits per heavy atom. The maximum Gasteiger partial charge on any atom is 0.245 e. The van der Waals surface area contributed by atoms with Crippen molar-refractivity contribution < 1.29 is 14.3 Å². The Hall–Kier alpha value is -3.32. The molecule has 4 rings (SSSR count). The van der Waals surface area contributed by atoms with E-state index in [0.717, 1.165) is 35.1 Å². The lowest BCUT2D eigenvalue weighted by molar-refractivity contribution is -0.137. The molecule has 1 aromatic heterocycles. The average molecular weight is 463 g/mol. The molecular formula is C27H34N4O3. The highest BCUT2D eigenvalue weighted by Gasteiger charge is 2.31. The lowest BCUT2D eigenvalue weighted by atomic mass is 9.88. The van der Waals surface area contributed by atoms with Crippen molar-refractivity contribution in [3.8, 4) is 5.75 Å². The number of H-pyrrole nitrogens is 1. The van der Waals surface area contributed by atoms with Crippen LogP contribution in [0.1, 0.15) is 42.7 Å². The minimum Gasteiger partial charge on any atom is -0.496 e. The third kappa shape index (κ3) is 5.42. The number of rotatable bonds is 9. The first-order chi connectivity index (χ1) is 16.6. The zero-order valence-electron chi connectivity index (χ0n) is 19.8. The summed E-state index contributed by atoms with van der Waals surface area (Å²) in [5.41, 5.74) is 8.82. The second-order valence-corrected chi connectivity index (χ2v) is 8.92. The van der Waals surface area contributed by atoms with E-state index in [-0.39, 0.29) is 11.8 Å². The largest absolute Gasteiger partial charge is 0.496 e. The number of nitrogens with two attached hydrogens (primary N) is 1. The van der Waals surface area contributed by atoms with Crippen molar-refractivity contribution >= 4 is 22.7 Å². The van der Waals surface area contributed by atoms with Crippen LogP contribution in [0.25, 0.3) is 10.9 Å². The van der Waals surface area contributed by atoms with Crippen LogP contribution in [0.4, 0.5) is 0 Å². The van der Waals surface area contributed by atoms with Crippen LogP contribution >= 0.6 is 0 Å². The molecule has 7 nitrogen and oxygen atoms in total. The number of methoxy groups -OCH3 is 1. The summed E-state index contributed by atoms with van der Waals surface area (Å²) < 4.78 is 5.54. The van der Waals surface area contributed by atoms with Crippen molar-refractivity contribution in [2.24, 2.45) is 5.73 Å². The number of fused-ring (bicyclic) bond motifs is 1. The Balaban J connectivity index is 1.47. The van der Waals surface area contributed by atoms with Gasteiger partial charge in [0.1, 0.15) is 11.8 Å². The summed E-state index contributed by atoms with van der Waals surface area (Å²) in [5, 5.41) is 4.07. The van der Waals surface area contributed by atoms with E-state index in [1.807, 2.05) is 53.6 Å². The molecular weight excluding hydrogens is 428 g/mol. The van der Waals surface area contributed by atoms with E-state index < -0.39 is 6.04 Å². The first-order valence-corrected chi connectivity index (χ1v) is 12.1. The maximum atomic E-state index is 13.6. The Morgan fingerprint density at radius 1 is 1.15 bits per heavy atom. The minimum atomic E-state index is -0.604. The van der Waals surface area contributed by atoms with E-state index >= 15 is 0 Å². The molecule has 180 valence electrons. The summed E-state index contributed by atoms with van der Waals surface area (Å²) in [5.74, 6) is 1.10. The molecule has 0 saturated carbocycles. The monoisotopic (exact) mass is 462 g/mol. The molecule has 0 radical (unpaired) electrons. The minimum absolute atomic E-state index is 0.0233. The second-order valence-electron chi connectivity index (χ2n) is 8.92. The highest BCUT2D eigenvalue weighted by atomic mass is 16.5. The number of benzene rings is 2. The second kappa shape index (κ2) is 11.2. The highest BCUT2D eigenvalue weighted by molar-refractivity contribution is 5.89. The van der Waals surface area contributed by atoms with Crippen molar-refractivity contribution in [3.05, 3.63) is 65.9 Å². The predicted molar refractivity (Wildman–Crippen MR) is 134 cm³/mol. The van der Waals surface area contributed by atoms with Gasteiger partial charge in [-0.2, -0.15) is 0 Å². The van der Waals surface area contributed by atoms with Gasteiger partial charge in [0.25, 0.3) is 0 Å². The summed E-state index contributed by atoms with van der Waals surface area (Å²) in [6, 6.07) is 15.5. The van der Waals surface area contributed by atoms with Gasteiger partial charge in [-0.1, -0.05) is 36.4 Å². The predicted octanol–water partition coefficient (Wildman–Crippen LogP) is 3.35. The maximum absolute atomic E-state index is 13.6. The number of nitrogens with one attached hydrogen (secondary N) is 2. The number of hydrogen-bond donors (Lipinski definition) is 3. The molecule has 1 atom stereocenters. The Morgan fingerprint density at radius 3 is 2.65 bits per heavy atom. The van der Waals surface area contributed by atoms with Gasteiger partial charge in [0.05, 0.1) is 7.11 Å². The van der Waals surface area contributed by atoms with Gasteiger partial charge in [0.15, 0.2) is 0 Å². The summed E-state index contributed by atoms with van der Waals surface area (Å²) in [6.45, 7) is 1.76. The lowest BCUT2D eigenvalue weighted by Crippen LogP contribution is -2.51. The molecule has 34 heavy (non-hydrogen) atoms. The molecule has 1 aliphatic rings. The number of aromatic nitrogens is 1. The van der Waals surface area contributed by atoms with E-state index in [4.69, 9.17) is 10.5 Å². The van der Waals surface area contributed by atoms with Crippen LogP contribution in [0, 0.1) is 0 Å². The first kappa shape index (κ1) is 23.8. The summed E-state index contributed by atoms with van der Waals surface area (Å²) >= 11 is 0. The Kier molecular flexibility index (Phi) is 7.85. The van der Waals surface area contributed by atoms with Crippen molar-refractivity contribution in [2.75, 3.05) is 26.7 Å². The molecule has 4 N–H and O–H groups in total. The molecule has 2 aromatic carbocycles. The van der Waals surface area contributed by atoms with E-state index in [1.165, 1.54) is 5.56 Å². The fourth-order valence-electron chi connectivity index (χ4n) is 4.88. The third-order valence-electron chi connectivity index (χ3n) is 6.73. The molecule has 2 heterocycles. The lowest BCUT2D eigenvalue weighted by Gasteiger charge is -2.35. The van der Waals surface area contributed by atoms with Crippen molar-refractivity contribution in [2.45, 2.75) is 44.1 Å². The fourth-order valence-corrected chi connectivity index (χ4v) is 4.88. The number of amides is 2. The molecule has 1 fully saturated rings. The van der Waals surface area contributed by atoms with Crippen molar-refractivity contribution in [1.82, 2.24) is 15.2 Å². The van der Waals surface area contributed by atoms with Gasteiger partial charge in [-0.15, -0.1) is 0 Å². The number of carbonyl (C=O) groups excluding carboxylic acids is 2. The van der Waals surface area contributed by atoms with Gasteiger partial charge < -0.3 is 25.7 Å². The number of ether oxygens (including phenoxy) is 1. The van der Waals surface area contributed by atoms with E-state index in [1.54, 1.807) is 7.11 Å². The van der Waals surface area contributed by atoms with E-state index in [9.17, 15) is 9.59 Å². The van der Waals surface area contributed by atoms with Gasteiger partial charge >= 0.3 is 0 Å². The van der Waals surface area contributed by atoms with Crippen LogP contribution in [0.5, 0.6) is 5.75 Å². The summed E-state index contributed by atoms with van der Waals surface area (Å²) in [4.78, 5) is 31.3. The number of para-hydroxylation sites is 2. The highest BCUT2D eigenvalue weighted by Crippen LogP contribution is 2.34. The van der Waals surface area contributed by atoms with Gasteiger partial charge in [-0.3, -0.25) is 9.59 Å². The zero-order chi connectivity index (χ0) is 23.9. The fraction of sp³-hybridized carbons (Fsp3) is 0.407. The normalized spacial score (nSPS) is 15.3. The molecule has 1 aliphatic heterocycles. The van der Waals surface area contributed by atoms with Crippen LogP contribution < -0.4 is 15.8 Å². The quantitative estimate of drug-likeness (QED) is 0.454. The molecule has 2 amide bonds. The number of hydrogen-bond acceptors (Lipinski definition) is 4. The molecule has 1 saturated heterocycles. The van der Waals surface area contributed by atoms with Gasteiger partial charge in [0, 0.05) is 43.0 Å². The van der Waals surface area contributed by atoms with Crippen LogP contribution in [0.15, 0.2) is 54.7 Å². The average Bonchev–Trinajstić information content (AvgIpc) is 3.29. The van der Waals surface area contributed by atoms with Gasteiger partial charge in [0.2, 0.25) is 11.8 Å². The van der Waals surface area contributed by atoms with E-state index in [2.05, 4.69) is 16.4 Å². The summed E-state index contributed by atoms with van der Waals surface area (Å²) in [7, 11) is 1.69. The Labute approximate surface area is 200 Å². The van der Waals surface area contributed by atoms with Crippen LogP contribution in [-0.2, 0) is 16.0 Å². The van der Waals surface area contributed by atoms with Crippen LogP contribution in [0.2, 0.25) is 0 Å². The van der Waals surface area contributed by atoms with Crippen LogP contribution in [0.3, 0.4) is 0 Å². The third-order valence-corrected chi connectivity index (χ3v) is 6.73. The summed E-state index contributed by atoms with van der Waals surface area (Å²) in [6.07, 6.45) is 5.04. The standard InChI is InChI=1S/C27H34N4O3/c1-34-25-10-5-3-8-22(25)19-12-15-31(16-13-19)27(33)24(30-26(32)11-6-14-28)17-20-18-29-23-9-4-2-7-21(20)23/h2-5,7-10,18-19,24,29H,6,11-17,28H2,1H3,(H,30,32). The number of carbonyl (C=O) groups is 2. The number of likely N-dealkylation sites (tertiary alicyclic amines) is 1. The molecule has 3 aromatic rings. The molecule has 0 bridgehead atoms. The number of nitrogens with zero attached hydrogens (tertiary/aromatic N) is 1. The first-order valence-electron chi connectivity index (χ1n) is 12.1. The van der Waals surface area contributed by atoms with Gasteiger partial charge in [-0.05, 0) is 55.0 Å².